The van der Waals surface area contributed by atoms with Crippen LogP contribution in [0.25, 0.3) is 11.1 Å². The van der Waals surface area contributed by atoms with Crippen molar-refractivity contribution in [2.45, 2.75) is 40.5 Å². The van der Waals surface area contributed by atoms with Gasteiger partial charge in [0, 0.05) is 18.7 Å². The van der Waals surface area contributed by atoms with Gasteiger partial charge in [0.25, 0.3) is 0 Å². The predicted molar refractivity (Wildman–Crippen MR) is 115 cm³/mol. The van der Waals surface area contributed by atoms with E-state index in [0.717, 1.165) is 37.8 Å². The third kappa shape index (κ3) is 4.27. The summed E-state index contributed by atoms with van der Waals surface area (Å²) in [5.41, 5.74) is 2.47. The summed E-state index contributed by atoms with van der Waals surface area (Å²) in [7, 11) is 0. The molecule has 152 valence electrons. The number of pyridine rings is 1. The number of carbonyl (C=O) groups is 1. The van der Waals surface area contributed by atoms with Crippen LogP contribution in [0.15, 0.2) is 30.3 Å². The quantitative estimate of drug-likeness (QED) is 0.664. The number of nitriles is 1. The summed E-state index contributed by atoms with van der Waals surface area (Å²) in [4.78, 5) is 19.0. The second-order valence-corrected chi connectivity index (χ2v) is 8.56. The van der Waals surface area contributed by atoms with Crippen LogP contribution >= 0.6 is 0 Å². The minimum atomic E-state index is 0.267. The number of nitrogens with zero attached hydrogens (tertiary/aromatic N) is 3. The molecule has 0 unspecified atom stereocenters. The molecular formula is C24H29N3O2. The normalized spacial score (nSPS) is 15.1. The van der Waals surface area contributed by atoms with E-state index in [1.807, 2.05) is 37.3 Å². The molecular weight excluding hydrogens is 362 g/mol. The average Bonchev–Trinajstić information content (AvgIpc) is 2.73. The van der Waals surface area contributed by atoms with Crippen LogP contribution in [0.4, 0.5) is 5.82 Å². The lowest BCUT2D eigenvalue weighted by molar-refractivity contribution is 0.112. The van der Waals surface area contributed by atoms with Gasteiger partial charge in [0.05, 0.1) is 12.2 Å². The first kappa shape index (κ1) is 20.9. The van der Waals surface area contributed by atoms with Gasteiger partial charge in [-0.1, -0.05) is 51.1 Å². The van der Waals surface area contributed by atoms with Gasteiger partial charge < -0.3 is 9.64 Å². The summed E-state index contributed by atoms with van der Waals surface area (Å²) in [6.45, 7) is 10.8. The number of anilines is 1. The van der Waals surface area contributed by atoms with Gasteiger partial charge in [0.15, 0.2) is 6.29 Å². The highest BCUT2D eigenvalue weighted by molar-refractivity contribution is 5.96. The van der Waals surface area contributed by atoms with Crippen molar-refractivity contribution in [1.82, 2.24) is 4.98 Å². The first-order chi connectivity index (χ1) is 13.9. The summed E-state index contributed by atoms with van der Waals surface area (Å²) in [6.07, 6.45) is 2.93. The monoisotopic (exact) mass is 391 g/mol. The van der Waals surface area contributed by atoms with Gasteiger partial charge in [-0.25, -0.2) is 0 Å². The number of ether oxygens (including phenoxy) is 1. The standard InChI is InChI=1S/C24H29N3O2/c1-5-29-23-19(15-25)21(17-9-7-6-8-10-17)20(16-28)22(26-23)27-13-11-18(12-14-27)24(2,3)4/h6-10,16,18H,5,11-14H2,1-4H3. The third-order valence-electron chi connectivity index (χ3n) is 5.77. The second-order valence-electron chi connectivity index (χ2n) is 8.56. The van der Waals surface area contributed by atoms with E-state index in [-0.39, 0.29) is 5.41 Å². The minimum absolute atomic E-state index is 0.267. The van der Waals surface area contributed by atoms with Crippen LogP contribution in [0, 0.1) is 22.7 Å². The third-order valence-corrected chi connectivity index (χ3v) is 5.77. The van der Waals surface area contributed by atoms with Crippen molar-refractivity contribution in [3.05, 3.63) is 41.5 Å². The van der Waals surface area contributed by atoms with Crippen LogP contribution in [0.5, 0.6) is 5.88 Å². The van der Waals surface area contributed by atoms with Crippen LogP contribution in [0.1, 0.15) is 56.5 Å². The zero-order chi connectivity index (χ0) is 21.0. The summed E-state index contributed by atoms with van der Waals surface area (Å²) >= 11 is 0. The topological polar surface area (TPSA) is 66.2 Å². The van der Waals surface area contributed by atoms with Crippen LogP contribution in [0.3, 0.4) is 0 Å². The Balaban J connectivity index is 2.12. The fourth-order valence-corrected chi connectivity index (χ4v) is 4.13. The first-order valence-corrected chi connectivity index (χ1v) is 10.3. The van der Waals surface area contributed by atoms with Crippen molar-refractivity contribution in [3.8, 4) is 23.1 Å². The number of rotatable bonds is 5. The molecule has 0 aliphatic carbocycles. The van der Waals surface area contributed by atoms with Crippen molar-refractivity contribution in [3.63, 3.8) is 0 Å². The number of aromatic nitrogens is 1. The van der Waals surface area contributed by atoms with E-state index in [4.69, 9.17) is 4.74 Å². The molecule has 1 aliphatic rings. The van der Waals surface area contributed by atoms with Gasteiger partial charge in [-0.2, -0.15) is 10.2 Å². The minimum Gasteiger partial charge on any atom is -0.477 e. The van der Waals surface area contributed by atoms with E-state index in [1.54, 1.807) is 0 Å². The molecule has 1 aliphatic heterocycles. The van der Waals surface area contributed by atoms with E-state index in [9.17, 15) is 10.1 Å². The molecule has 0 bridgehead atoms. The molecule has 0 radical (unpaired) electrons. The van der Waals surface area contributed by atoms with Gasteiger partial charge in [-0.3, -0.25) is 4.79 Å². The molecule has 5 nitrogen and oxygen atoms in total. The molecule has 3 rings (SSSR count). The molecule has 2 heterocycles. The summed E-state index contributed by atoms with van der Waals surface area (Å²) < 4.78 is 5.72. The molecule has 0 N–H and O–H groups in total. The van der Waals surface area contributed by atoms with Gasteiger partial charge in [-0.15, -0.1) is 0 Å². The Bertz CT molecular complexity index is 902. The number of piperidine rings is 1. The van der Waals surface area contributed by atoms with Gasteiger partial charge in [0.1, 0.15) is 17.5 Å². The SMILES string of the molecule is CCOc1nc(N2CCC(C(C)(C)C)CC2)c(C=O)c(-c2ccccc2)c1C#N. The Morgan fingerprint density at radius 1 is 1.24 bits per heavy atom. The van der Waals surface area contributed by atoms with E-state index >= 15 is 0 Å². The average molecular weight is 392 g/mol. The summed E-state index contributed by atoms with van der Waals surface area (Å²) in [6, 6.07) is 11.8. The molecule has 0 saturated carbocycles. The Morgan fingerprint density at radius 2 is 1.90 bits per heavy atom. The Hall–Kier alpha value is -2.87. The molecule has 0 atom stereocenters. The molecule has 0 amide bonds. The second kappa shape index (κ2) is 8.65. The predicted octanol–water partition coefficient (Wildman–Crippen LogP) is 5.09. The highest BCUT2D eigenvalue weighted by Crippen LogP contribution is 2.40. The highest BCUT2D eigenvalue weighted by Gasteiger charge is 2.31. The molecule has 0 spiro atoms. The lowest BCUT2D eigenvalue weighted by Crippen LogP contribution is -2.39. The number of benzene rings is 1. The largest absolute Gasteiger partial charge is 0.477 e. The van der Waals surface area contributed by atoms with Crippen LogP contribution in [0.2, 0.25) is 0 Å². The first-order valence-electron chi connectivity index (χ1n) is 10.3. The van der Waals surface area contributed by atoms with E-state index in [1.165, 1.54) is 0 Å². The molecule has 1 fully saturated rings. The lowest BCUT2D eigenvalue weighted by atomic mass is 9.75. The van der Waals surface area contributed by atoms with Crippen LogP contribution < -0.4 is 9.64 Å². The lowest BCUT2D eigenvalue weighted by Gasteiger charge is -2.39. The summed E-state index contributed by atoms with van der Waals surface area (Å²) in [5, 5.41) is 9.83. The summed E-state index contributed by atoms with van der Waals surface area (Å²) in [5.74, 6) is 1.55. The molecule has 29 heavy (non-hydrogen) atoms. The maximum Gasteiger partial charge on any atom is 0.234 e. The van der Waals surface area contributed by atoms with Crippen molar-refractivity contribution >= 4 is 12.1 Å². The fourth-order valence-electron chi connectivity index (χ4n) is 4.13. The number of hydrogen-bond donors (Lipinski definition) is 0. The zero-order valence-corrected chi connectivity index (χ0v) is 17.7. The van der Waals surface area contributed by atoms with E-state index < -0.39 is 0 Å². The van der Waals surface area contributed by atoms with Crippen molar-refractivity contribution < 1.29 is 9.53 Å². The molecule has 1 aromatic carbocycles. The molecule has 1 saturated heterocycles. The van der Waals surface area contributed by atoms with Gasteiger partial charge in [0.2, 0.25) is 5.88 Å². The number of aldehydes is 1. The molecule has 2 aromatic rings. The van der Waals surface area contributed by atoms with Crippen molar-refractivity contribution in [2.75, 3.05) is 24.6 Å². The van der Waals surface area contributed by atoms with E-state index in [0.29, 0.717) is 40.9 Å². The number of hydrogen-bond acceptors (Lipinski definition) is 5. The highest BCUT2D eigenvalue weighted by atomic mass is 16.5. The van der Waals surface area contributed by atoms with Gasteiger partial charge >= 0.3 is 0 Å². The Labute approximate surface area is 173 Å². The molecule has 1 aromatic heterocycles. The van der Waals surface area contributed by atoms with Crippen LogP contribution in [-0.4, -0.2) is 31.0 Å². The molecule has 5 heteroatoms. The fraction of sp³-hybridized carbons (Fsp3) is 0.458. The van der Waals surface area contributed by atoms with Crippen LogP contribution in [-0.2, 0) is 0 Å². The van der Waals surface area contributed by atoms with E-state index in [2.05, 4.69) is 36.7 Å². The maximum absolute atomic E-state index is 12.2. The Kier molecular flexibility index (Phi) is 6.22. The smallest absolute Gasteiger partial charge is 0.234 e. The van der Waals surface area contributed by atoms with Crippen molar-refractivity contribution in [1.29, 1.82) is 5.26 Å². The number of carbonyl (C=O) groups excluding carboxylic acids is 1. The Morgan fingerprint density at radius 3 is 2.41 bits per heavy atom. The van der Waals surface area contributed by atoms with Crippen molar-refractivity contribution in [2.24, 2.45) is 11.3 Å². The zero-order valence-electron chi connectivity index (χ0n) is 17.7. The maximum atomic E-state index is 12.2. The van der Waals surface area contributed by atoms with Gasteiger partial charge in [-0.05, 0) is 36.7 Å².